The average molecular weight is 349 g/mol. The van der Waals surface area contributed by atoms with E-state index in [9.17, 15) is 13.6 Å². The number of benzene rings is 1. The molecule has 0 bridgehead atoms. The zero-order valence-electron chi connectivity index (χ0n) is 14.5. The summed E-state index contributed by atoms with van der Waals surface area (Å²) >= 11 is 0. The molecule has 1 saturated heterocycles. The summed E-state index contributed by atoms with van der Waals surface area (Å²) in [7, 11) is 3.46. The van der Waals surface area contributed by atoms with Crippen molar-refractivity contribution in [1.29, 1.82) is 0 Å². The van der Waals surface area contributed by atoms with Crippen molar-refractivity contribution in [2.24, 2.45) is 13.0 Å². The average Bonchev–Trinajstić information content (AvgIpc) is 3.17. The van der Waals surface area contributed by atoms with Crippen molar-refractivity contribution in [3.05, 3.63) is 52.9 Å². The molecule has 0 radical (unpaired) electrons. The summed E-state index contributed by atoms with van der Waals surface area (Å²) in [6, 6.07) is 2.04. The van der Waals surface area contributed by atoms with Gasteiger partial charge in [0.25, 0.3) is 5.91 Å². The van der Waals surface area contributed by atoms with Crippen molar-refractivity contribution >= 4 is 5.91 Å². The zero-order valence-corrected chi connectivity index (χ0v) is 14.5. The number of aromatic nitrogens is 2. The number of methoxy groups -OCH3 is 1. The van der Waals surface area contributed by atoms with Crippen LogP contribution in [0.25, 0.3) is 0 Å². The van der Waals surface area contributed by atoms with Crippen LogP contribution < -0.4 is 0 Å². The molecule has 0 spiro atoms. The minimum atomic E-state index is -0.832. The summed E-state index contributed by atoms with van der Waals surface area (Å²) in [5.74, 6) is -1.74. The highest BCUT2D eigenvalue weighted by Gasteiger charge is 2.37. The van der Waals surface area contributed by atoms with Gasteiger partial charge in [0.05, 0.1) is 18.4 Å². The molecule has 5 nitrogen and oxygen atoms in total. The van der Waals surface area contributed by atoms with E-state index < -0.39 is 17.5 Å². The molecule has 0 aliphatic carbocycles. The molecular weight excluding hydrogens is 328 g/mol. The van der Waals surface area contributed by atoms with Crippen LogP contribution in [0.2, 0.25) is 0 Å². The highest BCUT2D eigenvalue weighted by Crippen LogP contribution is 2.33. The fraction of sp³-hybridized carbons (Fsp3) is 0.444. The normalized spacial score (nSPS) is 20.3. The zero-order chi connectivity index (χ0) is 18.1. The Morgan fingerprint density at radius 3 is 2.72 bits per heavy atom. The predicted octanol–water partition coefficient (Wildman–Crippen LogP) is 2.51. The Bertz CT molecular complexity index is 791. The molecule has 0 unspecified atom stereocenters. The molecule has 1 aromatic heterocycles. The molecule has 0 N–H and O–H groups in total. The van der Waals surface area contributed by atoms with Gasteiger partial charge in [-0.05, 0) is 24.1 Å². The van der Waals surface area contributed by atoms with Crippen LogP contribution in [-0.2, 0) is 11.8 Å². The second kappa shape index (κ2) is 6.92. The van der Waals surface area contributed by atoms with Crippen molar-refractivity contribution < 1.29 is 18.3 Å². The number of amides is 1. The molecule has 0 saturated carbocycles. The van der Waals surface area contributed by atoms with Gasteiger partial charge in [-0.15, -0.1) is 0 Å². The van der Waals surface area contributed by atoms with Crippen LogP contribution in [0.1, 0.15) is 27.4 Å². The van der Waals surface area contributed by atoms with Gasteiger partial charge in [0.15, 0.2) is 0 Å². The van der Waals surface area contributed by atoms with Crippen LogP contribution in [-0.4, -0.2) is 47.4 Å². The summed E-state index contributed by atoms with van der Waals surface area (Å²) in [6.45, 7) is 2.92. The van der Waals surface area contributed by atoms with E-state index in [0.717, 1.165) is 11.6 Å². The van der Waals surface area contributed by atoms with Gasteiger partial charge >= 0.3 is 0 Å². The molecule has 7 heteroatoms. The molecule has 1 aliphatic heterocycles. The van der Waals surface area contributed by atoms with E-state index in [1.807, 2.05) is 13.2 Å². The number of rotatable bonds is 4. The topological polar surface area (TPSA) is 47.4 Å². The molecule has 1 fully saturated rings. The van der Waals surface area contributed by atoms with E-state index in [2.05, 4.69) is 5.10 Å². The van der Waals surface area contributed by atoms with Gasteiger partial charge in [0.2, 0.25) is 0 Å². The van der Waals surface area contributed by atoms with Crippen molar-refractivity contribution in [2.75, 3.05) is 26.8 Å². The molecule has 3 rings (SSSR count). The van der Waals surface area contributed by atoms with Crippen LogP contribution in [0.3, 0.4) is 0 Å². The minimum Gasteiger partial charge on any atom is -0.384 e. The monoisotopic (exact) mass is 349 g/mol. The van der Waals surface area contributed by atoms with Gasteiger partial charge in [-0.25, -0.2) is 8.78 Å². The quantitative estimate of drug-likeness (QED) is 0.852. The van der Waals surface area contributed by atoms with E-state index in [1.165, 1.54) is 13.0 Å². The Morgan fingerprint density at radius 1 is 1.32 bits per heavy atom. The minimum absolute atomic E-state index is 0.0715. The maximum absolute atomic E-state index is 14.1. The predicted molar refractivity (Wildman–Crippen MR) is 88.3 cm³/mol. The first kappa shape index (κ1) is 17.5. The van der Waals surface area contributed by atoms with Crippen molar-refractivity contribution in [2.45, 2.75) is 12.8 Å². The number of aryl methyl sites for hydroxylation is 2. The second-order valence-corrected chi connectivity index (χ2v) is 6.56. The van der Waals surface area contributed by atoms with Crippen LogP contribution in [0.15, 0.2) is 24.5 Å². The summed E-state index contributed by atoms with van der Waals surface area (Å²) in [5, 5.41) is 4.19. The maximum atomic E-state index is 14.1. The van der Waals surface area contributed by atoms with Gasteiger partial charge in [-0.3, -0.25) is 9.48 Å². The van der Waals surface area contributed by atoms with E-state index in [-0.39, 0.29) is 23.0 Å². The van der Waals surface area contributed by atoms with Crippen LogP contribution >= 0.6 is 0 Å². The summed E-state index contributed by atoms with van der Waals surface area (Å²) < 4.78 is 34.5. The lowest BCUT2D eigenvalue weighted by atomic mass is 9.92. The standard InChI is InChI=1S/C18H21F2N3O2/c1-11-4-14(17(20)5-16(11)19)18(24)23-8-13(10-25-3)15(9-23)12-6-21-22(2)7-12/h4-7,13,15H,8-10H2,1-3H3/t13-,15-/m0/s1. The number of carbonyl (C=O) groups is 1. The lowest BCUT2D eigenvalue weighted by molar-refractivity contribution is 0.0770. The lowest BCUT2D eigenvalue weighted by Gasteiger charge is -2.17. The fourth-order valence-electron chi connectivity index (χ4n) is 3.42. The Labute approximate surface area is 145 Å². The van der Waals surface area contributed by atoms with Gasteiger partial charge in [0.1, 0.15) is 11.6 Å². The fourth-order valence-corrected chi connectivity index (χ4v) is 3.42. The SMILES string of the molecule is COC[C@@H]1CN(C(=O)c2cc(C)c(F)cc2F)C[C@H]1c1cnn(C)c1. The van der Waals surface area contributed by atoms with E-state index in [0.29, 0.717) is 19.7 Å². The first-order valence-electron chi connectivity index (χ1n) is 8.13. The van der Waals surface area contributed by atoms with Crippen LogP contribution in [0.4, 0.5) is 8.78 Å². The number of nitrogens with zero attached hydrogens (tertiary/aromatic N) is 3. The molecule has 2 atom stereocenters. The molecule has 1 aliphatic rings. The molecule has 1 amide bonds. The Balaban J connectivity index is 1.86. The van der Waals surface area contributed by atoms with Gasteiger partial charge in [-0.1, -0.05) is 0 Å². The molecule has 2 aromatic rings. The Kier molecular flexibility index (Phi) is 4.85. The molecular formula is C18H21F2N3O2. The molecule has 134 valence electrons. The van der Waals surface area contributed by atoms with Crippen molar-refractivity contribution in [1.82, 2.24) is 14.7 Å². The maximum Gasteiger partial charge on any atom is 0.256 e. The summed E-state index contributed by atoms with van der Waals surface area (Å²) in [6.07, 6.45) is 3.70. The van der Waals surface area contributed by atoms with E-state index >= 15 is 0 Å². The molecule has 1 aromatic carbocycles. The number of carbonyl (C=O) groups excluding carboxylic acids is 1. The van der Waals surface area contributed by atoms with E-state index in [1.54, 1.807) is 22.9 Å². The Hall–Kier alpha value is -2.28. The summed E-state index contributed by atoms with van der Waals surface area (Å²) in [5.41, 5.74) is 1.18. The largest absolute Gasteiger partial charge is 0.384 e. The second-order valence-electron chi connectivity index (χ2n) is 6.56. The highest BCUT2D eigenvalue weighted by atomic mass is 19.1. The van der Waals surface area contributed by atoms with Gasteiger partial charge < -0.3 is 9.64 Å². The summed E-state index contributed by atoms with van der Waals surface area (Å²) in [4.78, 5) is 14.4. The highest BCUT2D eigenvalue weighted by molar-refractivity contribution is 5.95. The number of halogens is 2. The molecule has 25 heavy (non-hydrogen) atoms. The number of hydrogen-bond acceptors (Lipinski definition) is 3. The van der Waals surface area contributed by atoms with Crippen molar-refractivity contribution in [3.8, 4) is 0 Å². The third-order valence-corrected chi connectivity index (χ3v) is 4.74. The van der Waals surface area contributed by atoms with E-state index in [4.69, 9.17) is 4.74 Å². The first-order valence-corrected chi connectivity index (χ1v) is 8.13. The van der Waals surface area contributed by atoms with Crippen LogP contribution in [0.5, 0.6) is 0 Å². The third kappa shape index (κ3) is 3.42. The number of ether oxygens (including phenoxy) is 1. The smallest absolute Gasteiger partial charge is 0.256 e. The van der Waals surface area contributed by atoms with Gasteiger partial charge in [0, 0.05) is 51.3 Å². The molecule has 2 heterocycles. The Morgan fingerprint density at radius 2 is 2.08 bits per heavy atom. The number of likely N-dealkylation sites (tertiary alicyclic amines) is 1. The third-order valence-electron chi connectivity index (χ3n) is 4.74. The van der Waals surface area contributed by atoms with Crippen LogP contribution in [0, 0.1) is 24.5 Å². The lowest BCUT2D eigenvalue weighted by Crippen LogP contribution is -2.30. The van der Waals surface area contributed by atoms with Gasteiger partial charge in [-0.2, -0.15) is 5.10 Å². The van der Waals surface area contributed by atoms with Crippen molar-refractivity contribution in [3.63, 3.8) is 0 Å². The first-order chi connectivity index (χ1) is 11.9. The number of hydrogen-bond donors (Lipinski definition) is 0.